The molecule has 0 unspecified atom stereocenters. The van der Waals surface area contributed by atoms with E-state index in [4.69, 9.17) is 16.3 Å². The standard InChI is InChI=1S/C23H24ClFN2O3/c24-19-7-3-2-6-18(19)23(9-15-30-16-10-23)22(29)27-13-11-26(12-14-27)21(28)17-5-1-4-8-20(17)25/h1-8H,9-16H2. The number of carbonyl (C=O) groups is 2. The van der Waals surface area contributed by atoms with Crippen molar-refractivity contribution in [3.05, 3.63) is 70.5 Å². The Hall–Kier alpha value is -2.44. The second-order valence-electron chi connectivity index (χ2n) is 7.74. The summed E-state index contributed by atoms with van der Waals surface area (Å²) in [6.45, 7) is 2.56. The summed E-state index contributed by atoms with van der Waals surface area (Å²) in [5.74, 6) is -0.843. The monoisotopic (exact) mass is 430 g/mol. The van der Waals surface area contributed by atoms with Gasteiger partial charge in [-0.05, 0) is 36.6 Å². The molecule has 4 rings (SSSR count). The third kappa shape index (κ3) is 3.82. The van der Waals surface area contributed by atoms with E-state index in [-0.39, 0.29) is 17.4 Å². The molecule has 0 saturated carbocycles. The third-order valence-electron chi connectivity index (χ3n) is 6.10. The molecule has 0 aromatic heterocycles. The summed E-state index contributed by atoms with van der Waals surface area (Å²) in [5, 5.41) is 0.584. The van der Waals surface area contributed by atoms with Gasteiger partial charge in [0.05, 0.1) is 11.0 Å². The Morgan fingerprint density at radius 2 is 1.50 bits per heavy atom. The van der Waals surface area contributed by atoms with E-state index in [1.54, 1.807) is 21.9 Å². The van der Waals surface area contributed by atoms with Crippen molar-refractivity contribution >= 4 is 23.4 Å². The van der Waals surface area contributed by atoms with Crippen molar-refractivity contribution in [3.8, 4) is 0 Å². The molecule has 2 amide bonds. The maximum atomic E-state index is 14.0. The third-order valence-corrected chi connectivity index (χ3v) is 6.43. The summed E-state index contributed by atoms with van der Waals surface area (Å²) in [7, 11) is 0. The minimum atomic E-state index is -0.714. The van der Waals surface area contributed by atoms with E-state index in [0.717, 1.165) is 5.56 Å². The molecule has 0 aliphatic carbocycles. The molecule has 2 aromatic carbocycles. The van der Waals surface area contributed by atoms with Crippen molar-refractivity contribution in [3.63, 3.8) is 0 Å². The molecule has 2 fully saturated rings. The normalized spacial score (nSPS) is 18.9. The van der Waals surface area contributed by atoms with Crippen LogP contribution in [0.1, 0.15) is 28.8 Å². The van der Waals surface area contributed by atoms with Crippen molar-refractivity contribution in [2.45, 2.75) is 18.3 Å². The molecule has 158 valence electrons. The minimum absolute atomic E-state index is 0.0249. The summed E-state index contributed by atoms with van der Waals surface area (Å²) in [4.78, 5) is 29.8. The van der Waals surface area contributed by atoms with Gasteiger partial charge in [-0.3, -0.25) is 9.59 Å². The second kappa shape index (κ2) is 8.74. The van der Waals surface area contributed by atoms with Gasteiger partial charge in [-0.2, -0.15) is 0 Å². The van der Waals surface area contributed by atoms with E-state index in [0.29, 0.717) is 57.3 Å². The predicted molar refractivity (Wildman–Crippen MR) is 112 cm³/mol. The van der Waals surface area contributed by atoms with Crippen LogP contribution < -0.4 is 0 Å². The first kappa shape index (κ1) is 20.8. The lowest BCUT2D eigenvalue weighted by Gasteiger charge is -2.43. The summed E-state index contributed by atoms with van der Waals surface area (Å²) < 4.78 is 19.5. The maximum Gasteiger partial charge on any atom is 0.256 e. The summed E-state index contributed by atoms with van der Waals surface area (Å²) in [6.07, 6.45) is 1.15. The first-order valence-electron chi connectivity index (χ1n) is 10.2. The highest BCUT2D eigenvalue weighted by atomic mass is 35.5. The molecule has 0 atom stereocenters. The average molecular weight is 431 g/mol. The maximum absolute atomic E-state index is 14.0. The van der Waals surface area contributed by atoms with Crippen LogP contribution >= 0.6 is 11.6 Å². The van der Waals surface area contributed by atoms with Crippen molar-refractivity contribution < 1.29 is 18.7 Å². The Balaban J connectivity index is 1.51. The molecule has 2 aliphatic rings. The highest BCUT2D eigenvalue weighted by molar-refractivity contribution is 6.31. The van der Waals surface area contributed by atoms with Crippen molar-refractivity contribution in [2.75, 3.05) is 39.4 Å². The molecule has 0 radical (unpaired) electrons. The SMILES string of the molecule is O=C(c1ccccc1F)N1CCN(C(=O)C2(c3ccccc3Cl)CCOCC2)CC1. The molecule has 2 aliphatic heterocycles. The van der Waals surface area contributed by atoms with Gasteiger partial charge < -0.3 is 14.5 Å². The Kier molecular flexibility index (Phi) is 6.06. The van der Waals surface area contributed by atoms with Crippen LogP contribution in [0.4, 0.5) is 4.39 Å². The van der Waals surface area contributed by atoms with Crippen molar-refractivity contribution in [2.24, 2.45) is 0 Å². The number of rotatable bonds is 3. The Labute approximate surface area is 180 Å². The van der Waals surface area contributed by atoms with Gasteiger partial charge >= 0.3 is 0 Å². The molecule has 2 saturated heterocycles. The Bertz CT molecular complexity index is 938. The number of carbonyl (C=O) groups excluding carboxylic acids is 2. The highest BCUT2D eigenvalue weighted by Crippen LogP contribution is 2.40. The summed E-state index contributed by atoms with van der Waals surface area (Å²) in [5.41, 5.74) is 0.188. The van der Waals surface area contributed by atoms with E-state index >= 15 is 0 Å². The van der Waals surface area contributed by atoms with Crippen LogP contribution in [0.15, 0.2) is 48.5 Å². The van der Waals surface area contributed by atoms with Crippen LogP contribution in [0.3, 0.4) is 0 Å². The molecule has 5 nitrogen and oxygen atoms in total. The molecule has 7 heteroatoms. The van der Waals surface area contributed by atoms with E-state index in [1.807, 2.05) is 24.3 Å². The van der Waals surface area contributed by atoms with Gasteiger partial charge in [0.15, 0.2) is 0 Å². The fourth-order valence-electron chi connectivity index (χ4n) is 4.39. The van der Waals surface area contributed by atoms with Crippen LogP contribution in [0.2, 0.25) is 5.02 Å². The van der Waals surface area contributed by atoms with Gasteiger partial charge in [0, 0.05) is 44.4 Å². The first-order valence-corrected chi connectivity index (χ1v) is 10.6. The minimum Gasteiger partial charge on any atom is -0.381 e. The van der Waals surface area contributed by atoms with Crippen LogP contribution in [-0.4, -0.2) is 61.0 Å². The van der Waals surface area contributed by atoms with E-state index in [1.165, 1.54) is 12.1 Å². The number of ether oxygens (including phenoxy) is 1. The molecule has 30 heavy (non-hydrogen) atoms. The number of benzene rings is 2. The lowest BCUT2D eigenvalue weighted by atomic mass is 9.72. The lowest BCUT2D eigenvalue weighted by molar-refractivity contribution is -0.142. The number of halogens is 2. The molecule has 2 aromatic rings. The quantitative estimate of drug-likeness (QED) is 0.748. The van der Waals surface area contributed by atoms with Gasteiger partial charge in [-0.1, -0.05) is 41.9 Å². The zero-order valence-electron chi connectivity index (χ0n) is 16.7. The number of nitrogens with zero attached hydrogens (tertiary/aromatic N) is 2. The van der Waals surface area contributed by atoms with E-state index in [9.17, 15) is 14.0 Å². The van der Waals surface area contributed by atoms with E-state index in [2.05, 4.69) is 0 Å². The van der Waals surface area contributed by atoms with Gasteiger partial charge in [0.1, 0.15) is 5.82 Å². The number of amides is 2. The second-order valence-corrected chi connectivity index (χ2v) is 8.15. The number of hydrogen-bond donors (Lipinski definition) is 0. The van der Waals surface area contributed by atoms with Crippen molar-refractivity contribution in [1.82, 2.24) is 9.80 Å². The van der Waals surface area contributed by atoms with Crippen LogP contribution in [-0.2, 0) is 14.9 Å². The van der Waals surface area contributed by atoms with Crippen LogP contribution in [0.5, 0.6) is 0 Å². The smallest absolute Gasteiger partial charge is 0.256 e. The highest BCUT2D eigenvalue weighted by Gasteiger charge is 2.45. The fraction of sp³-hybridized carbons (Fsp3) is 0.391. The average Bonchev–Trinajstić information content (AvgIpc) is 2.79. The Morgan fingerprint density at radius 1 is 0.900 bits per heavy atom. The summed E-state index contributed by atoms with van der Waals surface area (Å²) >= 11 is 6.48. The molecule has 2 heterocycles. The summed E-state index contributed by atoms with van der Waals surface area (Å²) in [6, 6.07) is 13.5. The number of hydrogen-bond acceptors (Lipinski definition) is 3. The first-order chi connectivity index (χ1) is 14.5. The zero-order valence-corrected chi connectivity index (χ0v) is 17.4. The lowest BCUT2D eigenvalue weighted by Crippen LogP contribution is -2.56. The molecule has 0 spiro atoms. The number of piperazine rings is 1. The molecule has 0 N–H and O–H groups in total. The van der Waals surface area contributed by atoms with Gasteiger partial charge in [0.25, 0.3) is 5.91 Å². The topological polar surface area (TPSA) is 49.9 Å². The van der Waals surface area contributed by atoms with Gasteiger partial charge in [0.2, 0.25) is 5.91 Å². The molecule has 0 bridgehead atoms. The van der Waals surface area contributed by atoms with Crippen molar-refractivity contribution in [1.29, 1.82) is 0 Å². The van der Waals surface area contributed by atoms with Gasteiger partial charge in [-0.25, -0.2) is 4.39 Å². The van der Waals surface area contributed by atoms with E-state index < -0.39 is 11.2 Å². The Morgan fingerprint density at radius 3 is 2.17 bits per heavy atom. The van der Waals surface area contributed by atoms with Gasteiger partial charge in [-0.15, -0.1) is 0 Å². The largest absolute Gasteiger partial charge is 0.381 e. The molecular weight excluding hydrogens is 407 g/mol. The fourth-order valence-corrected chi connectivity index (χ4v) is 4.70. The predicted octanol–water partition coefficient (Wildman–Crippen LogP) is 3.51. The van der Waals surface area contributed by atoms with Crippen LogP contribution in [0, 0.1) is 5.82 Å². The van der Waals surface area contributed by atoms with Crippen LogP contribution in [0.25, 0.3) is 0 Å². The zero-order chi connectivity index (χ0) is 21.1. The molecular formula is C23H24ClFN2O3.